The lowest BCUT2D eigenvalue weighted by Crippen LogP contribution is -2.32. The molecule has 3 heterocycles. The molecule has 7 nitrogen and oxygen atoms in total. The van der Waals surface area contributed by atoms with E-state index in [1.807, 2.05) is 60.2 Å². The molecule has 0 saturated carbocycles. The second-order valence-electron chi connectivity index (χ2n) is 7.39. The number of nitrogens with zero attached hydrogens (tertiary/aromatic N) is 4. The van der Waals surface area contributed by atoms with E-state index in [9.17, 15) is 4.79 Å². The van der Waals surface area contributed by atoms with Crippen LogP contribution in [0.3, 0.4) is 0 Å². The molecular weight excluding hydrogens is 422 g/mol. The van der Waals surface area contributed by atoms with Crippen molar-refractivity contribution in [3.05, 3.63) is 72.9 Å². The first kappa shape index (κ1) is 20.3. The lowest BCUT2D eigenvalue weighted by atomic mass is 10.1. The van der Waals surface area contributed by atoms with Crippen molar-refractivity contribution in [3.8, 4) is 5.75 Å². The average molecular weight is 446 g/mol. The summed E-state index contributed by atoms with van der Waals surface area (Å²) in [5.74, 6) is 0.676. The van der Waals surface area contributed by atoms with E-state index in [-0.39, 0.29) is 5.91 Å². The first-order valence-electron chi connectivity index (χ1n) is 10.6. The van der Waals surface area contributed by atoms with Crippen LogP contribution in [-0.2, 0) is 6.54 Å². The molecule has 32 heavy (non-hydrogen) atoms. The number of H-pyrrole nitrogens is 1. The van der Waals surface area contributed by atoms with Crippen LogP contribution < -0.4 is 9.64 Å². The van der Waals surface area contributed by atoms with Crippen molar-refractivity contribution in [1.29, 1.82) is 0 Å². The van der Waals surface area contributed by atoms with E-state index in [4.69, 9.17) is 9.72 Å². The zero-order valence-electron chi connectivity index (χ0n) is 17.7. The highest BCUT2D eigenvalue weighted by atomic mass is 32.1. The molecule has 2 aromatic carbocycles. The average Bonchev–Trinajstić information content (AvgIpc) is 3.56. The van der Waals surface area contributed by atoms with Gasteiger partial charge in [0.15, 0.2) is 5.13 Å². The SMILES string of the molecule is CCOc1cccc2sc(N(CCCn3ccnc3)C(=O)c3c[nH]c4ccccc34)nc12. The molecule has 5 rings (SSSR count). The maximum atomic E-state index is 13.7. The first-order valence-corrected chi connectivity index (χ1v) is 11.4. The number of aromatic amines is 1. The summed E-state index contributed by atoms with van der Waals surface area (Å²) in [4.78, 5) is 27.6. The molecule has 8 heteroatoms. The van der Waals surface area contributed by atoms with Crippen molar-refractivity contribution in [1.82, 2.24) is 19.5 Å². The number of aromatic nitrogens is 4. The molecule has 0 aliphatic heterocycles. The number of imidazole rings is 1. The first-order chi connectivity index (χ1) is 15.7. The van der Waals surface area contributed by atoms with Crippen LogP contribution in [0.15, 0.2) is 67.4 Å². The van der Waals surface area contributed by atoms with E-state index >= 15 is 0 Å². The van der Waals surface area contributed by atoms with Crippen LogP contribution >= 0.6 is 11.3 Å². The fraction of sp³-hybridized carbons (Fsp3) is 0.208. The van der Waals surface area contributed by atoms with E-state index < -0.39 is 0 Å². The van der Waals surface area contributed by atoms with Gasteiger partial charge in [0.1, 0.15) is 11.3 Å². The van der Waals surface area contributed by atoms with Crippen molar-refractivity contribution >= 4 is 43.5 Å². The number of ether oxygens (including phenoxy) is 1. The molecular formula is C24H23N5O2S. The third-order valence-corrected chi connectivity index (χ3v) is 6.37. The van der Waals surface area contributed by atoms with Gasteiger partial charge in [0.25, 0.3) is 5.91 Å². The molecule has 1 amide bonds. The van der Waals surface area contributed by atoms with E-state index in [1.165, 1.54) is 11.3 Å². The standard InChI is InChI=1S/C24H23N5O2S/c1-2-31-20-9-5-10-21-22(20)27-24(32-21)29(13-6-12-28-14-11-25-16-28)23(30)18-15-26-19-8-4-3-7-17(18)19/h3-5,7-11,14-16,26H,2,6,12-13H2,1H3. The second kappa shape index (κ2) is 8.84. The number of nitrogens with one attached hydrogen (secondary N) is 1. The highest BCUT2D eigenvalue weighted by Crippen LogP contribution is 2.35. The van der Waals surface area contributed by atoms with Crippen LogP contribution in [0.1, 0.15) is 23.7 Å². The second-order valence-corrected chi connectivity index (χ2v) is 8.40. The third-order valence-electron chi connectivity index (χ3n) is 5.32. The van der Waals surface area contributed by atoms with Gasteiger partial charge in [-0.3, -0.25) is 9.69 Å². The molecule has 5 aromatic rings. The predicted molar refractivity (Wildman–Crippen MR) is 128 cm³/mol. The van der Waals surface area contributed by atoms with Gasteiger partial charge in [-0.05, 0) is 31.5 Å². The smallest absolute Gasteiger partial charge is 0.262 e. The number of fused-ring (bicyclic) bond motifs is 2. The van der Waals surface area contributed by atoms with Crippen molar-refractivity contribution in [2.24, 2.45) is 0 Å². The molecule has 162 valence electrons. The summed E-state index contributed by atoms with van der Waals surface area (Å²) < 4.78 is 8.77. The Morgan fingerprint density at radius 3 is 2.97 bits per heavy atom. The Labute approximate surface area is 189 Å². The minimum absolute atomic E-state index is 0.0647. The van der Waals surface area contributed by atoms with E-state index in [1.54, 1.807) is 23.6 Å². The number of anilines is 1. The van der Waals surface area contributed by atoms with Gasteiger partial charge in [0, 0.05) is 42.6 Å². The number of rotatable bonds is 8. The summed E-state index contributed by atoms with van der Waals surface area (Å²) in [7, 11) is 0. The Hall–Kier alpha value is -3.65. The number of thiazole rings is 1. The quantitative estimate of drug-likeness (QED) is 0.360. The molecule has 3 aromatic heterocycles. The van der Waals surface area contributed by atoms with Crippen LogP contribution in [0.4, 0.5) is 5.13 Å². The molecule has 0 fully saturated rings. The van der Waals surface area contributed by atoms with Gasteiger partial charge in [-0.15, -0.1) is 0 Å². The predicted octanol–water partition coefficient (Wildman–Crippen LogP) is 5.11. The summed E-state index contributed by atoms with van der Waals surface area (Å²) in [6.45, 7) is 3.83. The minimum atomic E-state index is -0.0647. The van der Waals surface area contributed by atoms with Crippen LogP contribution in [0.2, 0.25) is 0 Å². The number of carbonyl (C=O) groups excluding carboxylic acids is 1. The molecule has 0 saturated heterocycles. The number of para-hydroxylation sites is 2. The van der Waals surface area contributed by atoms with Gasteiger partial charge in [-0.2, -0.15) is 0 Å². The van der Waals surface area contributed by atoms with Crippen LogP contribution in [0, 0.1) is 0 Å². The zero-order chi connectivity index (χ0) is 21.9. The molecule has 0 atom stereocenters. The van der Waals surface area contributed by atoms with Gasteiger partial charge in [-0.25, -0.2) is 9.97 Å². The molecule has 0 unspecified atom stereocenters. The van der Waals surface area contributed by atoms with Crippen molar-refractivity contribution < 1.29 is 9.53 Å². The number of amides is 1. The van der Waals surface area contributed by atoms with Crippen molar-refractivity contribution in [3.63, 3.8) is 0 Å². The lowest BCUT2D eigenvalue weighted by Gasteiger charge is -2.19. The topological polar surface area (TPSA) is 76.0 Å². The molecule has 0 aliphatic rings. The monoisotopic (exact) mass is 445 g/mol. The van der Waals surface area contributed by atoms with Gasteiger partial charge >= 0.3 is 0 Å². The normalized spacial score (nSPS) is 11.3. The maximum absolute atomic E-state index is 13.7. The van der Waals surface area contributed by atoms with Gasteiger partial charge in [0.05, 0.1) is 23.2 Å². The Bertz CT molecular complexity index is 1360. The lowest BCUT2D eigenvalue weighted by molar-refractivity contribution is 0.0988. The molecule has 0 radical (unpaired) electrons. The van der Waals surface area contributed by atoms with Crippen molar-refractivity contribution in [2.45, 2.75) is 19.9 Å². The Morgan fingerprint density at radius 2 is 2.12 bits per heavy atom. The third kappa shape index (κ3) is 3.85. The van der Waals surface area contributed by atoms with E-state index in [0.29, 0.717) is 23.8 Å². The summed E-state index contributed by atoms with van der Waals surface area (Å²) in [5.41, 5.74) is 2.38. The number of aryl methyl sites for hydroxylation is 1. The van der Waals surface area contributed by atoms with Crippen molar-refractivity contribution in [2.75, 3.05) is 18.1 Å². The fourth-order valence-corrected chi connectivity index (χ4v) is 4.81. The largest absolute Gasteiger partial charge is 0.492 e. The number of hydrogen-bond donors (Lipinski definition) is 1. The van der Waals surface area contributed by atoms with E-state index in [0.717, 1.165) is 39.8 Å². The minimum Gasteiger partial charge on any atom is -0.492 e. The number of benzene rings is 2. The van der Waals surface area contributed by atoms with Gasteiger partial charge in [0.2, 0.25) is 0 Å². The highest BCUT2D eigenvalue weighted by molar-refractivity contribution is 7.22. The molecule has 0 aliphatic carbocycles. The van der Waals surface area contributed by atoms with Gasteiger partial charge in [-0.1, -0.05) is 35.6 Å². The van der Waals surface area contributed by atoms with E-state index in [2.05, 4.69) is 9.97 Å². The summed E-state index contributed by atoms with van der Waals surface area (Å²) in [6.07, 6.45) is 8.04. The Kier molecular flexibility index (Phi) is 5.60. The van der Waals surface area contributed by atoms with Crippen LogP contribution in [-0.4, -0.2) is 38.6 Å². The number of carbonyl (C=O) groups is 1. The highest BCUT2D eigenvalue weighted by Gasteiger charge is 2.24. The van der Waals surface area contributed by atoms with Gasteiger partial charge < -0.3 is 14.3 Å². The molecule has 1 N–H and O–H groups in total. The summed E-state index contributed by atoms with van der Waals surface area (Å²) in [5, 5.41) is 1.58. The molecule has 0 bridgehead atoms. The molecule has 0 spiro atoms. The van der Waals surface area contributed by atoms with Crippen LogP contribution in [0.25, 0.3) is 21.1 Å². The Morgan fingerprint density at radius 1 is 1.22 bits per heavy atom. The Balaban J connectivity index is 1.51. The van der Waals surface area contributed by atoms with Crippen LogP contribution in [0.5, 0.6) is 5.75 Å². The maximum Gasteiger partial charge on any atom is 0.262 e. The fourth-order valence-electron chi connectivity index (χ4n) is 3.81. The number of hydrogen-bond acceptors (Lipinski definition) is 5. The summed E-state index contributed by atoms with van der Waals surface area (Å²) >= 11 is 1.51. The summed E-state index contributed by atoms with van der Waals surface area (Å²) in [6, 6.07) is 13.7. The zero-order valence-corrected chi connectivity index (χ0v) is 18.5.